The quantitative estimate of drug-likeness (QED) is 0.0318. The Labute approximate surface area is 788 Å². The molecule has 4 aliphatic heterocycles. The number of aromatic hydroxyl groups is 1. The summed E-state index contributed by atoms with van der Waals surface area (Å²) in [5.41, 5.74) is 14.1. The second-order valence-electron chi connectivity index (χ2n) is 36.1. The van der Waals surface area contributed by atoms with Crippen molar-refractivity contribution in [1.29, 1.82) is 0 Å². The third kappa shape index (κ3) is 28.9. The molecule has 136 heavy (non-hydrogen) atoms. The largest absolute Gasteiger partial charge is 0.508 e. The van der Waals surface area contributed by atoms with E-state index in [1.165, 1.54) is 74.2 Å². The van der Waals surface area contributed by atoms with Gasteiger partial charge in [0.05, 0.1) is 26.1 Å². The van der Waals surface area contributed by atoms with Gasteiger partial charge >= 0.3 is 5.97 Å². The van der Waals surface area contributed by atoms with Crippen LogP contribution in [0, 0.1) is 11.8 Å². The maximum absolute atomic E-state index is 15.9. The molecule has 738 valence electrons. The lowest BCUT2D eigenvalue weighted by Gasteiger charge is -2.36. The zero-order valence-electron chi connectivity index (χ0n) is 78.6. The van der Waals surface area contributed by atoms with Crippen LogP contribution >= 0.6 is 0 Å². The lowest BCUT2D eigenvalue weighted by molar-refractivity contribution is -0.149. The SMILES string of the molecule is CCCC[C@H]1C(=O)N(C)[C@@H](CCCC)C(=O)N[C@@H](CC(C)C)C(=O)N[C@H](C(=O)NCC(N)=O)CNCC(=O)N[C@@H](Cc2ccc(O)cc2)C(=O)N(C)[C@@H](C)C(=O)N[C@@H](CC(N)=O)C(=O)N2CCC[C@H]2C(=O)N[C@@H](CC2=CN=CC2)C(=O)N[C@@H](CC(C)C)C(=O)N2CCC[C@H]2C(=O)N[C@@H](Cc2c[nH]c3ccccc23)C(=O)N[C@@H](CO)C(=O)N[C@@H](Cc2cn(CC(=O)O)c3ccccc23)C(=O)N1C. The summed E-state index contributed by atoms with van der Waals surface area (Å²) < 4.78 is 1.43. The maximum atomic E-state index is 15.9. The minimum absolute atomic E-state index is 0.00620. The number of nitrogens with one attached hydrogen (secondary N) is 12. The van der Waals surface area contributed by atoms with Crippen molar-refractivity contribution >= 4 is 134 Å². The molecule has 0 bridgehead atoms. The van der Waals surface area contributed by atoms with Gasteiger partial charge in [-0.05, 0) is 123 Å². The van der Waals surface area contributed by atoms with E-state index in [2.05, 4.69) is 68.5 Å². The van der Waals surface area contributed by atoms with E-state index in [4.69, 9.17) is 11.5 Å². The number of primary amides is 2. The number of phenolic OH excluding ortho intramolecular Hbond substituents is 1. The van der Waals surface area contributed by atoms with Gasteiger partial charge in [-0.25, -0.2) is 0 Å². The second kappa shape index (κ2) is 50.1. The number of aliphatic imine (C=N–C) groups is 1. The molecule has 42 nitrogen and oxygen atoms in total. The zero-order valence-corrected chi connectivity index (χ0v) is 78.6. The van der Waals surface area contributed by atoms with E-state index in [9.17, 15) is 63.3 Å². The number of phenols is 1. The number of rotatable bonds is 26. The Morgan fingerprint density at radius 1 is 0.537 bits per heavy atom. The standard InChI is InChI=1S/C94H131N21O21/c1-11-13-24-73-87(129)102-63(37-52(3)4)83(125)108-70(82(124)100-47-78(96)119)46-98-48-79(120)101-67(39-55-29-31-59(117)32-30-55)90(132)110(8)54(7)81(123)105-69(43-77(95)118)93(135)115-36-20-27-74(115)88(130)103-64(40-56-33-34-97-44-56)84(126)106-66(38-53(5)6)92(134)114-35-19-28-75(114)89(131)104-65(41-57-45-99-62-23-17-15-21-60(57)62)85(127)109-71(51-116)86(128)107-68(91(133)112(10)76(25-14-12-2)94(136)111(73)9)42-58-49-113(50-80(121)122)72-26-18-16-22-61(58)72/h15-18,21-23,26,29-32,34,44-45,49,52-54,63-71,73-76,98-99,116-117H,11-14,19-20,24-25,27-28,33,35-43,46-48,50-51H2,1-10H3,(H2,95,118)(H2,96,119)(H,100,124)(H,101,120)(H,102,129)(H,103,130)(H,104,131)(H,105,123)(H,106,126)(H,107,128)(H,108,125)(H,109,127)(H,121,122)/t54-,63-,64-,65-,66-,67-,68-,69-,70-,71-,73-,74-,75-,76-/m0/s1. The number of fused-ring (bicyclic) bond motifs is 4. The van der Waals surface area contributed by atoms with Crippen LogP contribution in [0.1, 0.15) is 161 Å². The number of carboxylic acids is 1. The van der Waals surface area contributed by atoms with Gasteiger partial charge in [0, 0.05) is 113 Å². The number of aromatic amines is 1. The fourth-order valence-corrected chi connectivity index (χ4v) is 17.4. The van der Waals surface area contributed by atoms with Gasteiger partial charge in [0.25, 0.3) is 0 Å². The van der Waals surface area contributed by atoms with Crippen LogP contribution < -0.4 is 70.0 Å². The van der Waals surface area contributed by atoms with Crippen molar-refractivity contribution in [2.24, 2.45) is 28.3 Å². The molecule has 0 saturated carbocycles. The molecule has 4 aliphatic rings. The molecule has 9 rings (SSSR count). The molecule has 3 fully saturated rings. The second-order valence-corrected chi connectivity index (χ2v) is 36.1. The highest BCUT2D eigenvalue weighted by atomic mass is 16.4. The minimum atomic E-state index is -1.91. The predicted molar refractivity (Wildman–Crippen MR) is 499 cm³/mol. The summed E-state index contributed by atoms with van der Waals surface area (Å²) in [5, 5.41) is 62.2. The summed E-state index contributed by atoms with van der Waals surface area (Å²) in [6.45, 7) is 8.28. The number of carbonyl (C=O) groups excluding carboxylic acids is 17. The molecule has 19 N–H and O–H groups in total. The summed E-state index contributed by atoms with van der Waals surface area (Å²) in [6.07, 6.45) is 6.57. The summed E-state index contributed by atoms with van der Waals surface area (Å²) in [5.74, 6) is -17.7. The van der Waals surface area contributed by atoms with Gasteiger partial charge in [-0.2, -0.15) is 0 Å². The molecular formula is C94H131N21O21. The average Bonchev–Trinajstić information content (AvgIpc) is 1.62. The smallest absolute Gasteiger partial charge is 0.323 e. The number of nitrogens with two attached hydrogens (primary N) is 2. The van der Waals surface area contributed by atoms with Crippen LogP contribution in [0.15, 0.2) is 102 Å². The highest BCUT2D eigenvalue weighted by molar-refractivity contribution is 6.03. The molecule has 3 aromatic carbocycles. The van der Waals surface area contributed by atoms with Crippen molar-refractivity contribution in [3.63, 3.8) is 0 Å². The van der Waals surface area contributed by atoms with Crippen molar-refractivity contribution in [2.45, 2.75) is 255 Å². The molecule has 0 radical (unpaired) electrons. The van der Waals surface area contributed by atoms with Gasteiger partial charge < -0.3 is 119 Å². The van der Waals surface area contributed by atoms with E-state index in [1.54, 1.807) is 88.6 Å². The van der Waals surface area contributed by atoms with Crippen molar-refractivity contribution in [2.75, 3.05) is 60.5 Å². The lowest BCUT2D eigenvalue weighted by atomic mass is 9.99. The summed E-state index contributed by atoms with van der Waals surface area (Å²) in [4.78, 5) is 276. The van der Waals surface area contributed by atoms with E-state index in [0.717, 1.165) is 19.6 Å². The van der Waals surface area contributed by atoms with Crippen LogP contribution in [0.3, 0.4) is 0 Å². The number of nitrogens with zero attached hydrogens (tertiary/aromatic N) is 7. The first-order valence-corrected chi connectivity index (χ1v) is 46.3. The Morgan fingerprint density at radius 2 is 1.06 bits per heavy atom. The number of hydrogen-bond donors (Lipinski definition) is 17. The number of carbonyl (C=O) groups is 18. The van der Waals surface area contributed by atoms with Gasteiger partial charge in [-0.15, -0.1) is 0 Å². The maximum Gasteiger partial charge on any atom is 0.323 e. The van der Waals surface area contributed by atoms with E-state index < -0.39 is 237 Å². The van der Waals surface area contributed by atoms with Gasteiger partial charge in [0.2, 0.25) is 100 Å². The van der Waals surface area contributed by atoms with Crippen LogP contribution in [-0.2, 0) is 112 Å². The molecule has 0 aliphatic carbocycles. The zero-order chi connectivity index (χ0) is 99.5. The Kier molecular flexibility index (Phi) is 39.0. The van der Waals surface area contributed by atoms with E-state index in [1.807, 2.05) is 13.8 Å². The lowest BCUT2D eigenvalue weighted by Crippen LogP contribution is -2.62. The molecule has 0 unspecified atom stereocenters. The Hall–Kier alpha value is -13.7. The van der Waals surface area contributed by atoms with Crippen LogP contribution in [0.5, 0.6) is 5.75 Å². The number of aromatic nitrogens is 2. The van der Waals surface area contributed by atoms with Gasteiger partial charge in [0.15, 0.2) is 0 Å². The third-order valence-corrected chi connectivity index (χ3v) is 24.8. The molecule has 5 aromatic rings. The first-order valence-electron chi connectivity index (χ1n) is 46.3. The number of carboxylic acid groups (broad SMARTS) is 1. The number of unbranched alkanes of at least 4 members (excludes halogenated alkanes) is 2. The molecule has 6 heterocycles. The molecule has 3 saturated heterocycles. The van der Waals surface area contributed by atoms with Crippen molar-refractivity contribution in [3.05, 3.63) is 114 Å². The predicted octanol–water partition coefficient (Wildman–Crippen LogP) is -0.920. The molecular weight excluding hydrogens is 1760 g/mol. The molecule has 42 heteroatoms. The van der Waals surface area contributed by atoms with Crippen LogP contribution in [0.25, 0.3) is 21.8 Å². The van der Waals surface area contributed by atoms with Gasteiger partial charge in [0.1, 0.15) is 96.9 Å². The Balaban J connectivity index is 1.10. The topological polar surface area (TPSA) is 602 Å². The number of benzene rings is 3. The first-order chi connectivity index (χ1) is 64.7. The fraction of sp³-hybridized carbons (Fsp3) is 0.543. The average molecular weight is 1890 g/mol. The first kappa shape index (κ1) is 106. The van der Waals surface area contributed by atoms with E-state index in [-0.39, 0.29) is 108 Å². The van der Waals surface area contributed by atoms with Gasteiger partial charge in [-0.3, -0.25) is 91.3 Å². The number of aliphatic hydroxyl groups is 1. The number of amides is 17. The Morgan fingerprint density at radius 3 is 1.65 bits per heavy atom. The number of H-pyrrole nitrogens is 1. The summed E-state index contributed by atoms with van der Waals surface area (Å²) in [7, 11) is 3.89. The van der Waals surface area contributed by atoms with E-state index >= 15 is 38.4 Å². The van der Waals surface area contributed by atoms with Gasteiger partial charge in [-0.1, -0.05) is 116 Å². The third-order valence-electron chi connectivity index (χ3n) is 24.8. The minimum Gasteiger partial charge on any atom is -0.508 e. The van der Waals surface area contributed by atoms with Crippen molar-refractivity contribution in [3.8, 4) is 5.75 Å². The summed E-state index contributed by atoms with van der Waals surface area (Å²) >= 11 is 0. The van der Waals surface area contributed by atoms with Crippen molar-refractivity contribution < 1.29 is 102 Å². The van der Waals surface area contributed by atoms with Crippen LogP contribution in [-0.4, -0.2) is 307 Å². The molecule has 17 amide bonds. The van der Waals surface area contributed by atoms with Crippen LogP contribution in [0.4, 0.5) is 0 Å². The number of hydrogen-bond acceptors (Lipinski definition) is 22. The normalized spacial score (nSPS) is 24.6. The molecule has 14 atom stereocenters. The molecule has 0 spiro atoms. The fourth-order valence-electron chi connectivity index (χ4n) is 17.4. The highest BCUT2D eigenvalue weighted by Crippen LogP contribution is 2.29. The van der Waals surface area contributed by atoms with Crippen LogP contribution in [0.2, 0.25) is 0 Å². The number of likely N-dealkylation sites (N-methyl/N-ethyl adjacent to an activating group) is 3. The number of aliphatic carboxylic acids is 1. The molecule has 2 aromatic heterocycles. The van der Waals surface area contributed by atoms with Crippen molar-refractivity contribution in [1.82, 2.24) is 92.5 Å². The highest BCUT2D eigenvalue weighted by Gasteiger charge is 2.46. The van der Waals surface area contributed by atoms with E-state index in [0.29, 0.717) is 69.8 Å². The number of aliphatic hydroxyl groups excluding tert-OH is 1. The Bertz CT molecular complexity index is 5240. The number of para-hydroxylation sites is 2. The monoisotopic (exact) mass is 1890 g/mol. The summed E-state index contributed by atoms with van der Waals surface area (Å²) in [6, 6.07) is -2.05.